The number of hydrogen-bond acceptors (Lipinski definition) is 5. The maximum absolute atomic E-state index is 12.2. The number of aliphatic hydroxyl groups excluding tert-OH is 1. The minimum atomic E-state index is -0.587. The molecule has 0 radical (unpaired) electrons. The summed E-state index contributed by atoms with van der Waals surface area (Å²) >= 11 is 0. The summed E-state index contributed by atoms with van der Waals surface area (Å²) in [6, 6.07) is 7.82. The molecule has 0 unspecified atom stereocenters. The molecule has 3 N–H and O–H groups in total. The van der Waals surface area contributed by atoms with Crippen molar-refractivity contribution < 1.29 is 10.2 Å². The molecule has 0 aliphatic rings. The van der Waals surface area contributed by atoms with Gasteiger partial charge in [-0.3, -0.25) is 9.36 Å². The Balaban J connectivity index is 2.42. The van der Waals surface area contributed by atoms with Crippen LogP contribution in [0.5, 0.6) is 5.88 Å². The molecule has 0 saturated carbocycles. The van der Waals surface area contributed by atoms with E-state index in [-0.39, 0.29) is 31.1 Å². The molecule has 0 atom stereocenters. The number of hydrogen-bond donors (Lipinski definition) is 3. The number of benzene rings is 1. The number of rotatable bonds is 5. The molecule has 1 aromatic heterocycles. The normalized spacial score (nSPS) is 10.5. The Bertz CT molecular complexity index is 863. The minimum Gasteiger partial charge on any atom is -0.494 e. The number of aromatic hydroxyl groups is 1. The SMILES string of the molecule is Cc1ccc(NCc2c(C)c(C#N)c(=O)n(CCO)c2O)cc1C. The highest BCUT2D eigenvalue weighted by atomic mass is 16.3. The van der Waals surface area contributed by atoms with Gasteiger partial charge >= 0.3 is 0 Å². The van der Waals surface area contributed by atoms with Crippen LogP contribution in [-0.4, -0.2) is 21.4 Å². The maximum Gasteiger partial charge on any atom is 0.271 e. The van der Waals surface area contributed by atoms with Gasteiger partial charge in [0.05, 0.1) is 13.2 Å². The second kappa shape index (κ2) is 7.20. The van der Waals surface area contributed by atoms with E-state index in [0.717, 1.165) is 15.8 Å². The van der Waals surface area contributed by atoms with Crippen LogP contribution in [0.4, 0.5) is 5.69 Å². The number of anilines is 1. The maximum atomic E-state index is 12.2. The predicted octanol–water partition coefficient (Wildman–Crippen LogP) is 1.96. The summed E-state index contributed by atoms with van der Waals surface area (Å²) in [4.78, 5) is 12.2. The molecule has 0 aliphatic heterocycles. The molecule has 2 rings (SSSR count). The van der Waals surface area contributed by atoms with E-state index in [1.165, 1.54) is 5.56 Å². The summed E-state index contributed by atoms with van der Waals surface area (Å²) in [6.45, 7) is 5.58. The van der Waals surface area contributed by atoms with Crippen molar-refractivity contribution >= 4 is 5.69 Å². The molecular formula is C18H21N3O3. The van der Waals surface area contributed by atoms with Gasteiger partial charge in [-0.15, -0.1) is 0 Å². The zero-order chi connectivity index (χ0) is 17.9. The fourth-order valence-corrected chi connectivity index (χ4v) is 2.57. The van der Waals surface area contributed by atoms with Gasteiger partial charge in [-0.2, -0.15) is 5.26 Å². The van der Waals surface area contributed by atoms with Gasteiger partial charge in [-0.1, -0.05) is 6.07 Å². The van der Waals surface area contributed by atoms with E-state index in [4.69, 9.17) is 5.11 Å². The second-order valence-corrected chi connectivity index (χ2v) is 5.75. The van der Waals surface area contributed by atoms with Crippen LogP contribution in [0, 0.1) is 32.1 Å². The molecule has 6 heteroatoms. The standard InChI is InChI=1S/C18H21N3O3/c1-11-4-5-14(8-12(11)2)20-10-16-13(3)15(9-19)17(23)21(6-7-22)18(16)24/h4-5,8,20,22,24H,6-7,10H2,1-3H3. The van der Waals surface area contributed by atoms with Crippen molar-refractivity contribution in [2.24, 2.45) is 0 Å². The van der Waals surface area contributed by atoms with Gasteiger partial charge < -0.3 is 15.5 Å². The lowest BCUT2D eigenvalue weighted by Gasteiger charge is -2.16. The molecular weight excluding hydrogens is 306 g/mol. The largest absolute Gasteiger partial charge is 0.494 e. The van der Waals surface area contributed by atoms with Crippen molar-refractivity contribution in [2.45, 2.75) is 33.9 Å². The van der Waals surface area contributed by atoms with Gasteiger partial charge in [0.1, 0.15) is 11.6 Å². The van der Waals surface area contributed by atoms with Gasteiger partial charge in [0.25, 0.3) is 5.56 Å². The van der Waals surface area contributed by atoms with E-state index in [2.05, 4.69) is 5.32 Å². The van der Waals surface area contributed by atoms with E-state index >= 15 is 0 Å². The second-order valence-electron chi connectivity index (χ2n) is 5.75. The van der Waals surface area contributed by atoms with Gasteiger partial charge in [0.2, 0.25) is 0 Å². The third kappa shape index (κ3) is 3.26. The lowest BCUT2D eigenvalue weighted by molar-refractivity contribution is 0.263. The van der Waals surface area contributed by atoms with E-state index in [9.17, 15) is 15.2 Å². The van der Waals surface area contributed by atoms with Crippen molar-refractivity contribution in [3.63, 3.8) is 0 Å². The molecule has 6 nitrogen and oxygen atoms in total. The van der Waals surface area contributed by atoms with E-state index < -0.39 is 5.56 Å². The number of nitrogens with zero attached hydrogens (tertiary/aromatic N) is 2. The van der Waals surface area contributed by atoms with Crippen LogP contribution in [0.1, 0.15) is 27.8 Å². The summed E-state index contributed by atoms with van der Waals surface area (Å²) < 4.78 is 1.03. The van der Waals surface area contributed by atoms with E-state index in [0.29, 0.717) is 11.1 Å². The van der Waals surface area contributed by atoms with Crippen molar-refractivity contribution in [3.05, 3.63) is 56.4 Å². The van der Waals surface area contributed by atoms with Crippen LogP contribution in [0.25, 0.3) is 0 Å². The molecule has 24 heavy (non-hydrogen) atoms. The highest BCUT2D eigenvalue weighted by molar-refractivity contribution is 5.51. The Morgan fingerprint density at radius 3 is 2.54 bits per heavy atom. The first kappa shape index (κ1) is 17.6. The summed E-state index contributed by atoms with van der Waals surface area (Å²) in [5, 5.41) is 31.9. The van der Waals surface area contributed by atoms with Crippen molar-refractivity contribution in [1.82, 2.24) is 4.57 Å². The van der Waals surface area contributed by atoms with Crippen LogP contribution in [0.3, 0.4) is 0 Å². The van der Waals surface area contributed by atoms with Crippen molar-refractivity contribution in [1.29, 1.82) is 5.26 Å². The average Bonchev–Trinajstić information content (AvgIpc) is 2.55. The van der Waals surface area contributed by atoms with E-state index in [1.807, 2.05) is 38.1 Å². The van der Waals surface area contributed by atoms with Gasteiger partial charge in [-0.05, 0) is 49.6 Å². The number of aromatic nitrogens is 1. The summed E-state index contributed by atoms with van der Waals surface area (Å²) in [6.07, 6.45) is 0. The Morgan fingerprint density at radius 1 is 1.25 bits per heavy atom. The highest BCUT2D eigenvalue weighted by Gasteiger charge is 2.18. The average molecular weight is 327 g/mol. The number of aliphatic hydroxyl groups is 1. The van der Waals surface area contributed by atoms with Crippen LogP contribution in [0.2, 0.25) is 0 Å². The number of pyridine rings is 1. The zero-order valence-corrected chi connectivity index (χ0v) is 14.1. The third-order valence-electron chi connectivity index (χ3n) is 4.22. The van der Waals surface area contributed by atoms with Crippen molar-refractivity contribution in [3.8, 4) is 11.9 Å². The molecule has 1 heterocycles. The van der Waals surface area contributed by atoms with Crippen molar-refractivity contribution in [2.75, 3.05) is 11.9 Å². The van der Waals surface area contributed by atoms with Crippen LogP contribution in [0.15, 0.2) is 23.0 Å². The summed E-state index contributed by atoms with van der Waals surface area (Å²) in [5.74, 6) is -0.220. The molecule has 126 valence electrons. The number of nitriles is 1. The van der Waals surface area contributed by atoms with Crippen LogP contribution < -0.4 is 10.9 Å². The topological polar surface area (TPSA) is 98.3 Å². The Labute approximate surface area is 140 Å². The Morgan fingerprint density at radius 2 is 1.96 bits per heavy atom. The lowest BCUT2D eigenvalue weighted by Crippen LogP contribution is -2.27. The highest BCUT2D eigenvalue weighted by Crippen LogP contribution is 2.23. The monoisotopic (exact) mass is 327 g/mol. The van der Waals surface area contributed by atoms with Gasteiger partial charge in [0, 0.05) is 17.8 Å². The van der Waals surface area contributed by atoms with Crippen LogP contribution >= 0.6 is 0 Å². The minimum absolute atomic E-state index is 0.0156. The molecule has 0 aliphatic carbocycles. The quantitative estimate of drug-likeness (QED) is 0.780. The lowest BCUT2D eigenvalue weighted by atomic mass is 10.0. The predicted molar refractivity (Wildman–Crippen MR) is 92.1 cm³/mol. The smallest absolute Gasteiger partial charge is 0.271 e. The molecule has 0 saturated heterocycles. The molecule has 2 aromatic rings. The number of nitrogens with one attached hydrogen (secondary N) is 1. The molecule has 0 amide bonds. The first-order valence-corrected chi connectivity index (χ1v) is 7.68. The number of aryl methyl sites for hydroxylation is 2. The molecule has 0 spiro atoms. The molecule has 1 aromatic carbocycles. The first-order chi connectivity index (χ1) is 11.4. The Hall–Kier alpha value is -2.78. The molecule has 0 fully saturated rings. The Kier molecular flexibility index (Phi) is 5.27. The van der Waals surface area contributed by atoms with Crippen LogP contribution in [-0.2, 0) is 13.1 Å². The van der Waals surface area contributed by atoms with Gasteiger partial charge in [0.15, 0.2) is 5.88 Å². The summed E-state index contributed by atoms with van der Waals surface area (Å²) in [5.41, 5.74) is 3.53. The third-order valence-corrected chi connectivity index (χ3v) is 4.22. The van der Waals surface area contributed by atoms with E-state index in [1.54, 1.807) is 6.92 Å². The first-order valence-electron chi connectivity index (χ1n) is 7.68. The summed E-state index contributed by atoms with van der Waals surface area (Å²) in [7, 11) is 0. The fraction of sp³-hybridized carbons (Fsp3) is 0.333. The fourth-order valence-electron chi connectivity index (χ4n) is 2.57. The zero-order valence-electron chi connectivity index (χ0n) is 14.1. The van der Waals surface area contributed by atoms with Gasteiger partial charge in [-0.25, -0.2) is 0 Å². The molecule has 0 bridgehead atoms.